The predicted molar refractivity (Wildman–Crippen MR) is 139 cm³/mol. The lowest BCUT2D eigenvalue weighted by Gasteiger charge is -2.52. The van der Waals surface area contributed by atoms with E-state index >= 15 is 0 Å². The van der Waals surface area contributed by atoms with Gasteiger partial charge in [0.15, 0.2) is 0 Å². The summed E-state index contributed by atoms with van der Waals surface area (Å²) in [6, 6.07) is 1.70. The quantitative estimate of drug-likeness (QED) is 0.400. The average molecular weight is 445 g/mol. The van der Waals surface area contributed by atoms with Gasteiger partial charge in [0.2, 0.25) is 0 Å². The highest BCUT2D eigenvalue weighted by Gasteiger charge is 2.46. The zero-order valence-corrected chi connectivity index (χ0v) is 21.7. The summed E-state index contributed by atoms with van der Waals surface area (Å²) in [4.78, 5) is 0. The molecule has 0 aliphatic heterocycles. The van der Waals surface area contributed by atoms with Crippen LogP contribution in [0.5, 0.6) is 0 Å². The molecule has 32 heavy (non-hydrogen) atoms. The minimum Gasteiger partial charge on any atom is -0.326 e. The Hall–Kier alpha value is -0.0800. The second-order valence-corrected chi connectivity index (χ2v) is 12.6. The zero-order valence-electron chi connectivity index (χ0n) is 21.7. The Balaban J connectivity index is 1.60. The van der Waals surface area contributed by atoms with Crippen molar-refractivity contribution in [3.63, 3.8) is 0 Å². The van der Waals surface area contributed by atoms with Crippen molar-refractivity contribution in [3.05, 3.63) is 0 Å². The third-order valence-electron chi connectivity index (χ3n) is 10.7. The Kier molecular flexibility index (Phi) is 9.83. The van der Waals surface area contributed by atoms with E-state index in [9.17, 15) is 0 Å². The summed E-state index contributed by atoms with van der Waals surface area (Å²) in [6.45, 7) is 4.91. The fourth-order valence-corrected chi connectivity index (χ4v) is 8.88. The number of hydrogen-bond acceptors (Lipinski definition) is 2. The van der Waals surface area contributed by atoms with E-state index in [1.165, 1.54) is 122 Å². The van der Waals surface area contributed by atoms with Gasteiger partial charge in [-0.3, -0.25) is 0 Å². The van der Waals surface area contributed by atoms with Gasteiger partial charge in [0.05, 0.1) is 0 Å². The Bertz CT molecular complexity index is 506. The maximum Gasteiger partial charge on any atom is 0.0221 e. The van der Waals surface area contributed by atoms with Crippen LogP contribution >= 0.6 is 0 Å². The van der Waals surface area contributed by atoms with Crippen molar-refractivity contribution in [2.24, 2.45) is 41.2 Å². The summed E-state index contributed by atoms with van der Waals surface area (Å²) in [6.07, 6.45) is 27.5. The molecule has 3 N–H and O–H groups in total. The minimum absolute atomic E-state index is 0.388. The first-order valence-corrected chi connectivity index (χ1v) is 15.2. The minimum atomic E-state index is 0.388. The first-order valence-electron chi connectivity index (χ1n) is 15.2. The summed E-state index contributed by atoms with van der Waals surface area (Å²) >= 11 is 0. The molecule has 4 aliphatic rings. The highest BCUT2D eigenvalue weighted by atomic mass is 15.0. The Morgan fingerprint density at radius 1 is 0.719 bits per heavy atom. The SMILES string of the molecule is CCCC(CC)C1CC(C2CCCCC2)CC(C2CCCCC2)C1NC1CCCCC1N. The van der Waals surface area contributed by atoms with E-state index in [1.54, 1.807) is 0 Å². The second-order valence-electron chi connectivity index (χ2n) is 12.6. The predicted octanol–water partition coefficient (Wildman–Crippen LogP) is 7.84. The molecule has 4 rings (SSSR count). The highest BCUT2D eigenvalue weighted by Crippen LogP contribution is 2.50. The van der Waals surface area contributed by atoms with Crippen LogP contribution < -0.4 is 11.1 Å². The maximum absolute atomic E-state index is 6.71. The van der Waals surface area contributed by atoms with E-state index in [1.807, 2.05) is 0 Å². The molecule has 0 bridgehead atoms. The molecule has 4 saturated carbocycles. The van der Waals surface area contributed by atoms with Crippen LogP contribution in [-0.4, -0.2) is 18.1 Å². The Morgan fingerprint density at radius 2 is 1.34 bits per heavy atom. The van der Waals surface area contributed by atoms with Crippen LogP contribution in [-0.2, 0) is 0 Å². The molecule has 0 aromatic heterocycles. The molecule has 0 aromatic rings. The van der Waals surface area contributed by atoms with Gasteiger partial charge in [0, 0.05) is 18.1 Å². The fraction of sp³-hybridized carbons (Fsp3) is 1.00. The van der Waals surface area contributed by atoms with Crippen LogP contribution in [0.1, 0.15) is 136 Å². The van der Waals surface area contributed by atoms with Crippen molar-refractivity contribution in [2.45, 2.75) is 154 Å². The number of hydrogen-bond donors (Lipinski definition) is 2. The first-order chi connectivity index (χ1) is 15.7. The van der Waals surface area contributed by atoms with Crippen LogP contribution in [0.25, 0.3) is 0 Å². The molecule has 7 atom stereocenters. The fourth-order valence-electron chi connectivity index (χ4n) is 8.88. The topological polar surface area (TPSA) is 38.0 Å². The van der Waals surface area contributed by atoms with Gasteiger partial charge in [-0.15, -0.1) is 0 Å². The molecule has 0 aromatic carbocycles. The van der Waals surface area contributed by atoms with E-state index < -0.39 is 0 Å². The van der Waals surface area contributed by atoms with Gasteiger partial charge in [0.1, 0.15) is 0 Å². The van der Waals surface area contributed by atoms with Crippen LogP contribution in [0.15, 0.2) is 0 Å². The maximum atomic E-state index is 6.71. The molecule has 2 nitrogen and oxygen atoms in total. The van der Waals surface area contributed by atoms with Crippen molar-refractivity contribution in [2.75, 3.05) is 0 Å². The standard InChI is InChI=1S/C30H56N2/c1-3-13-22(4-2)26-20-25(23-14-7-5-8-15-23)21-27(24-16-9-6-10-17-24)30(26)32-29-19-12-11-18-28(29)31/h22-30,32H,3-21,31H2,1-2H3. The van der Waals surface area contributed by atoms with Gasteiger partial charge in [0.25, 0.3) is 0 Å². The molecule has 7 unspecified atom stereocenters. The Labute approximate surface area is 200 Å². The third-order valence-corrected chi connectivity index (χ3v) is 10.7. The largest absolute Gasteiger partial charge is 0.326 e. The van der Waals surface area contributed by atoms with Crippen molar-refractivity contribution in [3.8, 4) is 0 Å². The zero-order chi connectivity index (χ0) is 22.3. The van der Waals surface area contributed by atoms with Crippen LogP contribution in [0.3, 0.4) is 0 Å². The van der Waals surface area contributed by atoms with Crippen molar-refractivity contribution >= 4 is 0 Å². The molecule has 186 valence electrons. The summed E-state index contributed by atoms with van der Waals surface area (Å²) in [5.74, 6) is 5.75. The molecule has 0 saturated heterocycles. The Morgan fingerprint density at radius 3 is 1.97 bits per heavy atom. The molecule has 4 fully saturated rings. The van der Waals surface area contributed by atoms with Crippen molar-refractivity contribution in [1.29, 1.82) is 0 Å². The van der Waals surface area contributed by atoms with E-state index in [2.05, 4.69) is 19.2 Å². The smallest absolute Gasteiger partial charge is 0.0221 e. The monoisotopic (exact) mass is 444 g/mol. The second kappa shape index (κ2) is 12.6. The van der Waals surface area contributed by atoms with Gasteiger partial charge < -0.3 is 11.1 Å². The summed E-state index contributed by atoms with van der Waals surface area (Å²) in [7, 11) is 0. The van der Waals surface area contributed by atoms with Gasteiger partial charge in [-0.05, 0) is 61.2 Å². The summed E-state index contributed by atoms with van der Waals surface area (Å²) in [5, 5.41) is 4.38. The van der Waals surface area contributed by atoms with E-state index in [0.717, 1.165) is 41.5 Å². The van der Waals surface area contributed by atoms with Crippen LogP contribution in [0.2, 0.25) is 0 Å². The van der Waals surface area contributed by atoms with E-state index in [4.69, 9.17) is 5.73 Å². The lowest BCUT2D eigenvalue weighted by Crippen LogP contribution is -2.59. The first kappa shape index (κ1) is 25.0. The van der Waals surface area contributed by atoms with Crippen molar-refractivity contribution < 1.29 is 0 Å². The average Bonchev–Trinajstić information content (AvgIpc) is 2.85. The molecular weight excluding hydrogens is 388 g/mol. The van der Waals surface area contributed by atoms with Gasteiger partial charge in [-0.1, -0.05) is 110 Å². The van der Waals surface area contributed by atoms with Gasteiger partial charge in [-0.25, -0.2) is 0 Å². The van der Waals surface area contributed by atoms with E-state index in [-0.39, 0.29) is 0 Å². The summed E-state index contributed by atoms with van der Waals surface area (Å²) in [5.41, 5.74) is 6.71. The van der Waals surface area contributed by atoms with Crippen LogP contribution in [0, 0.1) is 35.5 Å². The number of nitrogens with one attached hydrogen (secondary N) is 1. The molecule has 2 heteroatoms. The number of nitrogens with two attached hydrogens (primary N) is 1. The molecule has 0 heterocycles. The summed E-state index contributed by atoms with van der Waals surface area (Å²) < 4.78 is 0. The van der Waals surface area contributed by atoms with Gasteiger partial charge in [-0.2, -0.15) is 0 Å². The molecular formula is C30H56N2. The van der Waals surface area contributed by atoms with Gasteiger partial charge >= 0.3 is 0 Å². The lowest BCUT2D eigenvalue weighted by molar-refractivity contribution is 0.00780. The van der Waals surface area contributed by atoms with E-state index in [0.29, 0.717) is 12.1 Å². The normalized spacial score (nSPS) is 39.1. The molecule has 0 radical (unpaired) electrons. The molecule has 4 aliphatic carbocycles. The van der Waals surface area contributed by atoms with Crippen molar-refractivity contribution in [1.82, 2.24) is 5.32 Å². The van der Waals surface area contributed by atoms with Crippen LogP contribution in [0.4, 0.5) is 0 Å². The number of rotatable bonds is 8. The molecule has 0 spiro atoms. The third kappa shape index (κ3) is 6.12. The lowest BCUT2D eigenvalue weighted by atomic mass is 9.57. The highest BCUT2D eigenvalue weighted by molar-refractivity contribution is 5.00. The molecule has 0 amide bonds.